The lowest BCUT2D eigenvalue weighted by molar-refractivity contribution is 0.0687. The maximum atomic E-state index is 11.7. The van der Waals surface area contributed by atoms with Crippen molar-refractivity contribution < 1.29 is 9.90 Å². The zero-order valence-electron chi connectivity index (χ0n) is 18.9. The zero-order valence-corrected chi connectivity index (χ0v) is 21.3. The molecule has 0 saturated carbocycles. The highest BCUT2D eigenvalue weighted by Crippen LogP contribution is 2.53. The molecule has 0 atom stereocenters. The Morgan fingerprint density at radius 2 is 1.34 bits per heavy atom. The number of nitrogens with zero attached hydrogens (tertiary/aromatic N) is 2. The van der Waals surface area contributed by atoms with Crippen molar-refractivity contribution in [2.75, 3.05) is 12.4 Å². The highest BCUT2D eigenvalue weighted by atomic mass is 32.2. The molecule has 0 bridgehead atoms. The number of benzene rings is 3. The lowest BCUT2D eigenvalue weighted by atomic mass is 9.84. The second kappa shape index (κ2) is 11.8. The minimum Gasteiger partial charge on any atom is -0.476 e. The van der Waals surface area contributed by atoms with Gasteiger partial charge in [0.05, 0.1) is 14.5 Å². The van der Waals surface area contributed by atoms with Crippen LogP contribution in [0.3, 0.4) is 0 Å². The van der Waals surface area contributed by atoms with Crippen LogP contribution in [0.15, 0.2) is 112 Å². The van der Waals surface area contributed by atoms with E-state index in [1.807, 2.05) is 67.0 Å². The summed E-state index contributed by atoms with van der Waals surface area (Å²) in [6, 6.07) is 30.6. The molecular formula is C27H23N3O2S3. The number of carboxylic acids is 1. The second-order valence-electron chi connectivity index (χ2n) is 7.26. The molecule has 35 heavy (non-hydrogen) atoms. The third-order valence-corrected chi connectivity index (χ3v) is 8.51. The molecule has 0 fully saturated rings. The molecule has 5 aromatic rings. The SMILES string of the molecule is CNc1nccs1.O=C(O)c1ncsc1SC(c1ccccc1)(c1ccccc1)c1ccccc1. The summed E-state index contributed by atoms with van der Waals surface area (Å²) in [5.74, 6) is -1.01. The maximum absolute atomic E-state index is 11.7. The van der Waals surface area contributed by atoms with Crippen molar-refractivity contribution in [2.24, 2.45) is 0 Å². The molecule has 2 aromatic heterocycles. The van der Waals surface area contributed by atoms with E-state index in [1.54, 1.807) is 23.0 Å². The van der Waals surface area contributed by atoms with Crippen LogP contribution in [0.4, 0.5) is 5.13 Å². The van der Waals surface area contributed by atoms with Crippen LogP contribution in [-0.4, -0.2) is 28.1 Å². The molecule has 5 rings (SSSR count). The third kappa shape index (κ3) is 5.62. The Balaban J connectivity index is 0.000000356. The summed E-state index contributed by atoms with van der Waals surface area (Å²) in [7, 11) is 1.86. The Morgan fingerprint density at radius 1 is 0.829 bits per heavy atom. The first-order chi connectivity index (χ1) is 17.1. The van der Waals surface area contributed by atoms with Gasteiger partial charge in [0.25, 0.3) is 0 Å². The molecule has 0 aliphatic rings. The number of carboxylic acid groups (broad SMARTS) is 1. The van der Waals surface area contributed by atoms with E-state index in [0.717, 1.165) is 21.8 Å². The molecule has 176 valence electrons. The van der Waals surface area contributed by atoms with Crippen molar-refractivity contribution in [1.82, 2.24) is 9.97 Å². The van der Waals surface area contributed by atoms with Gasteiger partial charge in [-0.1, -0.05) is 103 Å². The Bertz CT molecular complexity index is 1230. The van der Waals surface area contributed by atoms with Crippen molar-refractivity contribution in [1.29, 1.82) is 0 Å². The minimum absolute atomic E-state index is 0.0992. The smallest absolute Gasteiger partial charge is 0.356 e. The highest BCUT2D eigenvalue weighted by molar-refractivity contribution is 8.02. The van der Waals surface area contributed by atoms with Crippen molar-refractivity contribution >= 4 is 45.5 Å². The summed E-state index contributed by atoms with van der Waals surface area (Å²) in [4.78, 5) is 19.7. The van der Waals surface area contributed by atoms with Gasteiger partial charge in [0.15, 0.2) is 10.8 Å². The zero-order chi connectivity index (χ0) is 24.5. The Morgan fingerprint density at radius 3 is 1.71 bits per heavy atom. The van der Waals surface area contributed by atoms with Gasteiger partial charge in [-0.25, -0.2) is 14.8 Å². The second-order valence-corrected chi connectivity index (χ2v) is 10.5. The first kappa shape index (κ1) is 24.7. The van der Waals surface area contributed by atoms with Gasteiger partial charge in [-0.3, -0.25) is 0 Å². The summed E-state index contributed by atoms with van der Waals surface area (Å²) >= 11 is 4.49. The van der Waals surface area contributed by atoms with E-state index in [4.69, 9.17) is 0 Å². The van der Waals surface area contributed by atoms with E-state index < -0.39 is 10.7 Å². The molecule has 2 heterocycles. The van der Waals surface area contributed by atoms with Crippen LogP contribution in [0.5, 0.6) is 0 Å². The molecule has 0 aliphatic heterocycles. The Labute approximate surface area is 216 Å². The van der Waals surface area contributed by atoms with Crippen LogP contribution in [0.1, 0.15) is 27.2 Å². The van der Waals surface area contributed by atoms with Crippen LogP contribution >= 0.6 is 34.4 Å². The van der Waals surface area contributed by atoms with Gasteiger partial charge in [0.2, 0.25) is 0 Å². The van der Waals surface area contributed by atoms with Gasteiger partial charge in [0, 0.05) is 18.6 Å². The molecule has 3 aromatic carbocycles. The van der Waals surface area contributed by atoms with E-state index in [2.05, 4.69) is 51.7 Å². The predicted molar refractivity (Wildman–Crippen MR) is 146 cm³/mol. The van der Waals surface area contributed by atoms with Crippen molar-refractivity contribution in [3.63, 3.8) is 0 Å². The number of carbonyl (C=O) groups is 1. The van der Waals surface area contributed by atoms with Gasteiger partial charge in [0.1, 0.15) is 0 Å². The molecule has 0 aliphatic carbocycles. The number of hydrogen-bond donors (Lipinski definition) is 2. The number of thioether (sulfide) groups is 1. The van der Waals surface area contributed by atoms with Crippen LogP contribution in [-0.2, 0) is 4.75 Å². The Kier molecular flexibility index (Phi) is 8.31. The fourth-order valence-corrected chi connectivity index (χ4v) is 6.60. The van der Waals surface area contributed by atoms with E-state index >= 15 is 0 Å². The fourth-order valence-electron chi connectivity index (χ4n) is 3.63. The highest BCUT2D eigenvalue weighted by Gasteiger charge is 2.39. The number of aromatic nitrogens is 2. The number of anilines is 1. The lowest BCUT2D eigenvalue weighted by Gasteiger charge is -2.35. The van der Waals surface area contributed by atoms with E-state index in [1.165, 1.54) is 23.1 Å². The van der Waals surface area contributed by atoms with E-state index in [-0.39, 0.29) is 5.69 Å². The van der Waals surface area contributed by atoms with Gasteiger partial charge in [-0.15, -0.1) is 22.7 Å². The summed E-state index contributed by atoms with van der Waals surface area (Å²) in [5, 5.41) is 15.4. The molecule has 0 saturated heterocycles. The van der Waals surface area contributed by atoms with Crippen molar-refractivity contribution in [3.05, 3.63) is 130 Å². The lowest BCUT2D eigenvalue weighted by Crippen LogP contribution is -2.25. The fraction of sp³-hybridized carbons (Fsp3) is 0.0741. The molecular weight excluding hydrogens is 495 g/mol. The van der Waals surface area contributed by atoms with Crippen molar-refractivity contribution in [2.45, 2.75) is 8.96 Å². The number of nitrogens with one attached hydrogen (secondary N) is 1. The summed E-state index contributed by atoms with van der Waals surface area (Å²) in [6.07, 6.45) is 1.77. The van der Waals surface area contributed by atoms with Crippen LogP contribution in [0, 0.1) is 0 Å². The van der Waals surface area contributed by atoms with E-state index in [9.17, 15) is 9.90 Å². The van der Waals surface area contributed by atoms with E-state index in [0.29, 0.717) is 4.21 Å². The topological polar surface area (TPSA) is 75.1 Å². The summed E-state index contributed by atoms with van der Waals surface area (Å²) in [5.41, 5.74) is 4.95. The van der Waals surface area contributed by atoms with Crippen LogP contribution < -0.4 is 5.32 Å². The van der Waals surface area contributed by atoms with Crippen LogP contribution in [0.2, 0.25) is 0 Å². The molecule has 0 radical (unpaired) electrons. The van der Waals surface area contributed by atoms with Gasteiger partial charge < -0.3 is 10.4 Å². The minimum atomic E-state index is -1.01. The summed E-state index contributed by atoms with van der Waals surface area (Å²) < 4.78 is 0.0876. The molecule has 5 nitrogen and oxygen atoms in total. The number of rotatable bonds is 7. The molecule has 8 heteroatoms. The van der Waals surface area contributed by atoms with Gasteiger partial charge in [-0.05, 0) is 16.7 Å². The van der Waals surface area contributed by atoms with Crippen LogP contribution in [0.25, 0.3) is 0 Å². The van der Waals surface area contributed by atoms with Crippen molar-refractivity contribution in [3.8, 4) is 0 Å². The molecule has 0 amide bonds. The number of aromatic carboxylic acids is 1. The molecule has 0 unspecified atom stereocenters. The molecule has 0 spiro atoms. The first-order valence-electron chi connectivity index (χ1n) is 10.7. The number of thiazole rings is 2. The maximum Gasteiger partial charge on any atom is 0.356 e. The first-order valence-corrected chi connectivity index (χ1v) is 13.3. The normalized spacial score (nSPS) is 10.8. The number of hydrogen-bond acceptors (Lipinski definition) is 7. The predicted octanol–water partition coefficient (Wildman–Crippen LogP) is 7.11. The average molecular weight is 518 g/mol. The average Bonchev–Trinajstić information content (AvgIpc) is 3.61. The Hall–Kier alpha value is -3.46. The third-order valence-electron chi connectivity index (χ3n) is 5.17. The quantitative estimate of drug-likeness (QED) is 0.177. The summed E-state index contributed by atoms with van der Waals surface area (Å²) in [6.45, 7) is 0. The molecule has 2 N–H and O–H groups in total. The monoisotopic (exact) mass is 517 g/mol. The standard InChI is InChI=1S/C23H17NO2S2.C4H6N2S/c25-21(26)20-22(27-16-24-20)28-23(17-10-4-1-5-11-17,18-12-6-2-7-13-18)19-14-8-3-9-15-19;1-5-4-6-2-3-7-4/h1-16H,(H,25,26);2-3H,1H3,(H,5,6). The van der Waals surface area contributed by atoms with Gasteiger partial charge >= 0.3 is 5.97 Å². The van der Waals surface area contributed by atoms with Gasteiger partial charge in [-0.2, -0.15) is 0 Å². The largest absolute Gasteiger partial charge is 0.476 e.